The van der Waals surface area contributed by atoms with Gasteiger partial charge in [-0.3, -0.25) is 0 Å². The van der Waals surface area contributed by atoms with E-state index < -0.39 is 0 Å². The zero-order valence-electron chi connectivity index (χ0n) is 14.1. The predicted octanol–water partition coefficient (Wildman–Crippen LogP) is 2.54. The second kappa shape index (κ2) is 6.11. The van der Waals surface area contributed by atoms with Gasteiger partial charge < -0.3 is 9.80 Å². The van der Waals surface area contributed by atoms with E-state index in [-0.39, 0.29) is 0 Å². The maximum Gasteiger partial charge on any atom is 0.254 e. The first-order chi connectivity index (χ1) is 11.8. The van der Waals surface area contributed by atoms with Gasteiger partial charge in [-0.1, -0.05) is 25.1 Å². The summed E-state index contributed by atoms with van der Waals surface area (Å²) in [7, 11) is 0. The molecule has 1 atom stereocenters. The molecule has 6 nitrogen and oxygen atoms in total. The molecule has 0 N–H and O–H groups in total. The minimum Gasteiger partial charge on any atom is -0.368 e. The molecule has 124 valence electrons. The molecule has 4 rings (SSSR count). The molecular formula is C18H22N6. The van der Waals surface area contributed by atoms with Gasteiger partial charge in [0.05, 0.1) is 0 Å². The Hall–Kier alpha value is -2.63. The third-order valence-corrected chi connectivity index (χ3v) is 4.73. The molecule has 0 spiro atoms. The molecule has 0 bridgehead atoms. The van der Waals surface area contributed by atoms with Crippen LogP contribution in [0.4, 0.5) is 11.5 Å². The van der Waals surface area contributed by atoms with Gasteiger partial charge in [0, 0.05) is 43.1 Å². The summed E-state index contributed by atoms with van der Waals surface area (Å²) in [4.78, 5) is 13.6. The van der Waals surface area contributed by atoms with E-state index in [1.807, 2.05) is 11.4 Å². The maximum atomic E-state index is 4.46. The lowest BCUT2D eigenvalue weighted by atomic mass is 10.1. The van der Waals surface area contributed by atoms with Crippen LogP contribution in [0.25, 0.3) is 5.78 Å². The minimum atomic E-state index is 0.438. The SMILES string of the molecule is CC[C@H]1CN(c2ccccc2)CCN1c1cc(C)nc2ncnn12. The molecule has 0 radical (unpaired) electrons. The van der Waals surface area contributed by atoms with Crippen molar-refractivity contribution in [1.29, 1.82) is 0 Å². The molecule has 0 saturated carbocycles. The number of piperazine rings is 1. The lowest BCUT2D eigenvalue weighted by molar-refractivity contribution is 0.501. The second-order valence-electron chi connectivity index (χ2n) is 6.26. The highest BCUT2D eigenvalue weighted by Crippen LogP contribution is 2.25. The van der Waals surface area contributed by atoms with Gasteiger partial charge in [-0.25, -0.2) is 4.98 Å². The summed E-state index contributed by atoms with van der Waals surface area (Å²) in [6.45, 7) is 7.24. The Morgan fingerprint density at radius 3 is 2.79 bits per heavy atom. The predicted molar refractivity (Wildman–Crippen MR) is 95.6 cm³/mol. The van der Waals surface area contributed by atoms with Crippen LogP contribution < -0.4 is 9.80 Å². The third kappa shape index (κ3) is 2.58. The highest BCUT2D eigenvalue weighted by molar-refractivity contribution is 5.52. The summed E-state index contributed by atoms with van der Waals surface area (Å²) in [6.07, 6.45) is 2.66. The molecule has 3 heterocycles. The fraction of sp³-hybridized carbons (Fsp3) is 0.389. The van der Waals surface area contributed by atoms with Crippen molar-refractivity contribution < 1.29 is 0 Å². The molecule has 1 aromatic carbocycles. The topological polar surface area (TPSA) is 49.6 Å². The fourth-order valence-electron chi connectivity index (χ4n) is 3.50. The zero-order chi connectivity index (χ0) is 16.5. The Bertz CT molecular complexity index is 828. The van der Waals surface area contributed by atoms with Crippen molar-refractivity contribution in [2.24, 2.45) is 0 Å². The average Bonchev–Trinajstić information content (AvgIpc) is 3.09. The van der Waals surface area contributed by atoms with E-state index in [0.717, 1.165) is 37.6 Å². The number of nitrogens with zero attached hydrogens (tertiary/aromatic N) is 6. The molecule has 0 unspecified atom stereocenters. The van der Waals surface area contributed by atoms with Crippen LogP contribution in [0.3, 0.4) is 0 Å². The van der Waals surface area contributed by atoms with E-state index in [4.69, 9.17) is 0 Å². The highest BCUT2D eigenvalue weighted by Gasteiger charge is 2.28. The van der Waals surface area contributed by atoms with Crippen molar-refractivity contribution in [1.82, 2.24) is 19.6 Å². The highest BCUT2D eigenvalue weighted by atomic mass is 15.4. The molecule has 1 aliphatic heterocycles. The van der Waals surface area contributed by atoms with E-state index in [2.05, 4.69) is 68.2 Å². The van der Waals surface area contributed by atoms with Gasteiger partial charge in [-0.2, -0.15) is 14.6 Å². The number of aryl methyl sites for hydroxylation is 1. The van der Waals surface area contributed by atoms with Gasteiger partial charge >= 0.3 is 0 Å². The molecule has 6 heteroatoms. The van der Waals surface area contributed by atoms with Crippen molar-refractivity contribution in [3.8, 4) is 0 Å². The van der Waals surface area contributed by atoms with E-state index in [9.17, 15) is 0 Å². The van der Waals surface area contributed by atoms with Crippen LogP contribution in [0.2, 0.25) is 0 Å². The monoisotopic (exact) mass is 322 g/mol. The summed E-state index contributed by atoms with van der Waals surface area (Å²) < 4.78 is 1.85. The smallest absolute Gasteiger partial charge is 0.254 e. The van der Waals surface area contributed by atoms with Crippen LogP contribution in [0, 0.1) is 6.92 Å². The van der Waals surface area contributed by atoms with Crippen LogP contribution in [-0.2, 0) is 0 Å². The fourth-order valence-corrected chi connectivity index (χ4v) is 3.50. The number of anilines is 2. The minimum absolute atomic E-state index is 0.438. The number of hydrogen-bond donors (Lipinski definition) is 0. The standard InChI is InChI=1S/C18H22N6/c1-3-15-12-22(16-7-5-4-6-8-16)9-10-23(15)17-11-14(2)21-18-19-13-20-24(17)18/h4-8,11,13,15H,3,9-10,12H2,1-2H3/t15-/m0/s1. The molecule has 0 amide bonds. The second-order valence-corrected chi connectivity index (χ2v) is 6.26. The lowest BCUT2D eigenvalue weighted by Gasteiger charge is -2.43. The molecule has 2 aromatic heterocycles. The van der Waals surface area contributed by atoms with Crippen molar-refractivity contribution >= 4 is 17.3 Å². The van der Waals surface area contributed by atoms with Gasteiger partial charge in [-0.05, 0) is 25.5 Å². The van der Waals surface area contributed by atoms with Crippen LogP contribution in [0.15, 0.2) is 42.7 Å². The number of rotatable bonds is 3. The number of para-hydroxylation sites is 1. The van der Waals surface area contributed by atoms with Gasteiger partial charge in [0.25, 0.3) is 5.78 Å². The molecule has 3 aromatic rings. The van der Waals surface area contributed by atoms with E-state index in [1.54, 1.807) is 6.33 Å². The first-order valence-electron chi connectivity index (χ1n) is 8.50. The van der Waals surface area contributed by atoms with Crippen molar-refractivity contribution in [2.45, 2.75) is 26.3 Å². The van der Waals surface area contributed by atoms with Crippen LogP contribution in [0.1, 0.15) is 19.0 Å². The van der Waals surface area contributed by atoms with Crippen LogP contribution in [-0.4, -0.2) is 45.3 Å². The van der Waals surface area contributed by atoms with E-state index in [0.29, 0.717) is 11.8 Å². The molecule has 1 fully saturated rings. The van der Waals surface area contributed by atoms with Crippen molar-refractivity contribution in [2.75, 3.05) is 29.4 Å². The average molecular weight is 322 g/mol. The van der Waals surface area contributed by atoms with Crippen molar-refractivity contribution in [3.63, 3.8) is 0 Å². The maximum absolute atomic E-state index is 4.46. The molecular weight excluding hydrogens is 300 g/mol. The Labute approximate surface area is 141 Å². The van der Waals surface area contributed by atoms with Crippen LogP contribution >= 0.6 is 0 Å². The normalized spacial score (nSPS) is 18.3. The Morgan fingerprint density at radius 1 is 1.17 bits per heavy atom. The first kappa shape index (κ1) is 14.9. The summed E-state index contributed by atoms with van der Waals surface area (Å²) in [6, 6.07) is 13.2. The number of fused-ring (bicyclic) bond motifs is 1. The molecule has 1 saturated heterocycles. The molecule has 24 heavy (non-hydrogen) atoms. The van der Waals surface area contributed by atoms with Crippen LogP contribution in [0.5, 0.6) is 0 Å². The van der Waals surface area contributed by atoms with Gasteiger partial charge in [0.15, 0.2) is 0 Å². The van der Waals surface area contributed by atoms with E-state index in [1.165, 1.54) is 5.69 Å². The quantitative estimate of drug-likeness (QED) is 0.742. The number of aromatic nitrogens is 4. The largest absolute Gasteiger partial charge is 0.368 e. The zero-order valence-corrected chi connectivity index (χ0v) is 14.1. The Balaban J connectivity index is 1.65. The van der Waals surface area contributed by atoms with Gasteiger partial charge in [0.1, 0.15) is 12.1 Å². The Kier molecular flexibility index (Phi) is 3.80. The lowest BCUT2D eigenvalue weighted by Crippen LogP contribution is -2.53. The van der Waals surface area contributed by atoms with Gasteiger partial charge in [-0.15, -0.1) is 0 Å². The van der Waals surface area contributed by atoms with E-state index >= 15 is 0 Å². The summed E-state index contributed by atoms with van der Waals surface area (Å²) in [5, 5.41) is 4.37. The first-order valence-corrected chi connectivity index (χ1v) is 8.50. The summed E-state index contributed by atoms with van der Waals surface area (Å²) in [5.41, 5.74) is 2.28. The summed E-state index contributed by atoms with van der Waals surface area (Å²) in [5.74, 6) is 1.76. The third-order valence-electron chi connectivity index (χ3n) is 4.73. The molecule has 0 aliphatic carbocycles. The van der Waals surface area contributed by atoms with Gasteiger partial charge in [0.2, 0.25) is 0 Å². The summed E-state index contributed by atoms with van der Waals surface area (Å²) >= 11 is 0. The number of hydrogen-bond acceptors (Lipinski definition) is 5. The molecule has 1 aliphatic rings. The van der Waals surface area contributed by atoms with Crippen molar-refractivity contribution in [3.05, 3.63) is 48.4 Å². The number of benzene rings is 1. The Morgan fingerprint density at radius 2 is 2.00 bits per heavy atom.